The fraction of sp³-hybridized carbons (Fsp3) is 0.395. The maximum Gasteiger partial charge on any atom is 0.420 e. The molecule has 2 atom stereocenters. The molecule has 4 aromatic carbocycles. The lowest BCUT2D eigenvalue weighted by molar-refractivity contribution is -0.384. The Bertz CT molecular complexity index is 2040. The number of benzene rings is 4. The number of sulfonamides is 1. The van der Waals surface area contributed by atoms with Crippen LogP contribution >= 0.6 is 0 Å². The van der Waals surface area contributed by atoms with E-state index in [4.69, 9.17) is 14.9 Å². The summed E-state index contributed by atoms with van der Waals surface area (Å²) in [5.41, 5.74) is 8.99. The lowest BCUT2D eigenvalue weighted by atomic mass is 9.84. The van der Waals surface area contributed by atoms with E-state index in [1.54, 1.807) is 24.3 Å². The molecule has 12 nitrogen and oxygen atoms in total. The lowest BCUT2D eigenvalue weighted by Crippen LogP contribution is -2.50. The van der Waals surface area contributed by atoms with E-state index in [2.05, 4.69) is 33.9 Å². The van der Waals surface area contributed by atoms with Crippen molar-refractivity contribution in [2.24, 2.45) is 11.7 Å². The second-order valence-corrected chi connectivity index (χ2v) is 22.8. The van der Waals surface area contributed by atoms with E-state index in [0.29, 0.717) is 12.0 Å². The number of amides is 2. The molecule has 0 heterocycles. The van der Waals surface area contributed by atoms with Gasteiger partial charge < -0.3 is 14.9 Å². The number of nitrogens with two attached hydrogens (primary N) is 1. The molecule has 2 N–H and O–H groups in total. The van der Waals surface area contributed by atoms with E-state index in [-0.39, 0.29) is 46.8 Å². The Morgan fingerprint density at radius 2 is 1.44 bits per heavy atom. The third kappa shape index (κ3) is 11.2. The summed E-state index contributed by atoms with van der Waals surface area (Å²) in [6.07, 6.45) is -0.238. The minimum Gasteiger partial charge on any atom is -0.452 e. The zero-order valence-corrected chi connectivity index (χ0v) is 35.9. The van der Waals surface area contributed by atoms with Gasteiger partial charge in [0.15, 0.2) is 8.32 Å². The number of anilines is 1. The van der Waals surface area contributed by atoms with Gasteiger partial charge in [0.05, 0.1) is 41.3 Å². The van der Waals surface area contributed by atoms with Gasteiger partial charge in [-0.25, -0.2) is 18.1 Å². The molecular formula is C43H56N4O8SSi. The van der Waals surface area contributed by atoms with E-state index in [0.717, 1.165) is 16.0 Å². The van der Waals surface area contributed by atoms with Crippen molar-refractivity contribution < 1.29 is 32.1 Å². The number of carbonyl (C=O) groups excluding carboxylic acids is 2. The van der Waals surface area contributed by atoms with Crippen LogP contribution in [0.25, 0.3) is 0 Å². The van der Waals surface area contributed by atoms with Crippen LogP contribution in [-0.2, 0) is 30.4 Å². The molecule has 0 fully saturated rings. The Kier molecular flexibility index (Phi) is 15.1. The summed E-state index contributed by atoms with van der Waals surface area (Å²) in [6, 6.07) is 28.4. The minimum absolute atomic E-state index is 0.0609. The van der Waals surface area contributed by atoms with Gasteiger partial charge in [0, 0.05) is 24.6 Å². The van der Waals surface area contributed by atoms with Crippen LogP contribution in [0.1, 0.15) is 63.6 Å². The first kappa shape index (κ1) is 45.0. The zero-order chi connectivity index (χ0) is 42.1. The summed E-state index contributed by atoms with van der Waals surface area (Å²) in [5.74, 6) is -1.12. The fourth-order valence-electron chi connectivity index (χ4n) is 6.25. The van der Waals surface area contributed by atoms with Crippen LogP contribution in [0.4, 0.5) is 16.2 Å². The largest absolute Gasteiger partial charge is 0.452 e. The standard InChI is InChI=1S/C43H56N4O8SSi/c1-31(2)26-27-45(56(52,53)38-24-22-35(23-25-38)47(50)51)37(30-55-57(7,8)43(3,4)5)29-32-16-15-21-36(28-32)46(42(49)54-6)41(48)40(44)39(33-17-11-9-12-18-33)34-19-13-10-14-20-34/h9-25,28,31,37,39-40H,26-27,29-30,44H2,1-8H3/t37-,40-/m0/s1. The molecule has 0 radical (unpaired) electrons. The number of hydrogen-bond acceptors (Lipinski definition) is 9. The second-order valence-electron chi connectivity index (χ2n) is 16.1. The van der Waals surface area contributed by atoms with Crippen molar-refractivity contribution in [2.75, 3.05) is 25.2 Å². The molecule has 0 aliphatic heterocycles. The van der Waals surface area contributed by atoms with Crippen molar-refractivity contribution >= 4 is 41.7 Å². The van der Waals surface area contributed by atoms with Crippen molar-refractivity contribution in [2.45, 2.75) is 88.5 Å². The average molecular weight is 817 g/mol. The molecule has 0 spiro atoms. The molecule has 0 bridgehead atoms. The van der Waals surface area contributed by atoms with Crippen LogP contribution in [0, 0.1) is 16.0 Å². The van der Waals surface area contributed by atoms with E-state index >= 15 is 0 Å². The van der Waals surface area contributed by atoms with Crippen molar-refractivity contribution in [3.05, 3.63) is 136 Å². The number of nitro groups is 1. The van der Waals surface area contributed by atoms with Gasteiger partial charge in [-0.05, 0) is 77.8 Å². The highest BCUT2D eigenvalue weighted by Crippen LogP contribution is 2.37. The summed E-state index contributed by atoms with van der Waals surface area (Å²) in [4.78, 5) is 39.6. The van der Waals surface area contributed by atoms with Gasteiger partial charge >= 0.3 is 6.09 Å². The van der Waals surface area contributed by atoms with Gasteiger partial charge in [0.2, 0.25) is 10.0 Å². The molecule has 0 saturated heterocycles. The quantitative estimate of drug-likeness (QED) is 0.0625. The first-order chi connectivity index (χ1) is 26.8. The highest BCUT2D eigenvalue weighted by atomic mass is 32.2. The van der Waals surface area contributed by atoms with Crippen LogP contribution in [0.2, 0.25) is 18.1 Å². The molecule has 0 unspecified atom stereocenters. The monoisotopic (exact) mass is 816 g/mol. The van der Waals surface area contributed by atoms with Crippen LogP contribution in [0.5, 0.6) is 0 Å². The van der Waals surface area contributed by atoms with Crippen LogP contribution in [0.15, 0.2) is 114 Å². The molecule has 306 valence electrons. The van der Waals surface area contributed by atoms with Crippen molar-refractivity contribution in [3.8, 4) is 0 Å². The maximum atomic E-state index is 14.5. The molecule has 2 amide bonds. The van der Waals surface area contributed by atoms with Gasteiger partial charge in [0.1, 0.15) is 0 Å². The SMILES string of the molecule is COC(=O)N(C(=O)[C@@H](N)C(c1ccccc1)c1ccccc1)c1cccc(C[C@@H](CO[Si](C)(C)C(C)(C)C)N(CCC(C)C)S(=O)(=O)c2ccc([N+](=O)[O-])cc2)c1. The van der Waals surface area contributed by atoms with Crippen LogP contribution < -0.4 is 10.6 Å². The van der Waals surface area contributed by atoms with Gasteiger partial charge in [0.25, 0.3) is 11.6 Å². The molecule has 4 aromatic rings. The highest BCUT2D eigenvalue weighted by Gasteiger charge is 2.40. The Hall–Kier alpha value is -4.73. The lowest BCUT2D eigenvalue weighted by Gasteiger charge is -2.39. The molecule has 0 aliphatic carbocycles. The highest BCUT2D eigenvalue weighted by molar-refractivity contribution is 7.89. The smallest absolute Gasteiger partial charge is 0.420 e. The second kappa shape index (κ2) is 19.1. The predicted octanol–water partition coefficient (Wildman–Crippen LogP) is 8.52. The number of carbonyl (C=O) groups is 2. The number of rotatable bonds is 17. The number of hydrogen-bond donors (Lipinski definition) is 1. The zero-order valence-electron chi connectivity index (χ0n) is 34.1. The third-order valence-electron chi connectivity index (χ3n) is 10.6. The van der Waals surface area contributed by atoms with Gasteiger partial charge in [-0.15, -0.1) is 0 Å². The topological polar surface area (TPSA) is 162 Å². The van der Waals surface area contributed by atoms with E-state index in [9.17, 15) is 28.1 Å². The average Bonchev–Trinajstić information content (AvgIpc) is 3.17. The van der Waals surface area contributed by atoms with Crippen molar-refractivity contribution in [1.29, 1.82) is 0 Å². The first-order valence-corrected chi connectivity index (χ1v) is 23.4. The van der Waals surface area contributed by atoms with E-state index < -0.39 is 53.3 Å². The molecule has 0 saturated carbocycles. The molecule has 57 heavy (non-hydrogen) atoms. The maximum absolute atomic E-state index is 14.5. The Balaban J connectivity index is 1.79. The molecule has 0 aromatic heterocycles. The summed E-state index contributed by atoms with van der Waals surface area (Å²) in [5, 5.41) is 11.2. The van der Waals surface area contributed by atoms with Gasteiger partial charge in [-0.2, -0.15) is 4.31 Å². The number of methoxy groups -OCH3 is 1. The predicted molar refractivity (Wildman–Crippen MR) is 226 cm³/mol. The normalized spacial score (nSPS) is 13.4. The number of imide groups is 1. The fourth-order valence-corrected chi connectivity index (χ4v) is 8.92. The van der Waals surface area contributed by atoms with Gasteiger partial charge in [-0.1, -0.05) is 107 Å². The Morgan fingerprint density at radius 3 is 1.93 bits per heavy atom. The molecule has 0 aliphatic rings. The molecular weight excluding hydrogens is 761 g/mol. The van der Waals surface area contributed by atoms with E-state index in [1.807, 2.05) is 74.5 Å². The van der Waals surface area contributed by atoms with Crippen molar-refractivity contribution in [1.82, 2.24) is 4.31 Å². The van der Waals surface area contributed by atoms with Crippen molar-refractivity contribution in [3.63, 3.8) is 0 Å². The van der Waals surface area contributed by atoms with Crippen LogP contribution in [-0.4, -0.2) is 70.3 Å². The summed E-state index contributed by atoms with van der Waals surface area (Å²) < 4.78 is 42.3. The number of nitro benzene ring substituents is 1. The number of nitrogens with zero attached hydrogens (tertiary/aromatic N) is 3. The minimum atomic E-state index is -4.20. The molecule has 4 rings (SSSR count). The third-order valence-corrected chi connectivity index (χ3v) is 17.1. The molecule has 14 heteroatoms. The first-order valence-electron chi connectivity index (χ1n) is 19.0. The summed E-state index contributed by atoms with van der Waals surface area (Å²) in [6.45, 7) is 14.7. The Morgan fingerprint density at radius 1 is 0.877 bits per heavy atom. The van der Waals surface area contributed by atoms with E-state index in [1.165, 1.54) is 35.7 Å². The van der Waals surface area contributed by atoms with Crippen LogP contribution in [0.3, 0.4) is 0 Å². The number of non-ortho nitro benzene ring substituents is 1. The van der Waals surface area contributed by atoms with Gasteiger partial charge in [-0.3, -0.25) is 14.9 Å². The summed E-state index contributed by atoms with van der Waals surface area (Å²) >= 11 is 0. The summed E-state index contributed by atoms with van der Waals surface area (Å²) in [7, 11) is -5.41. The number of ether oxygens (including phenoxy) is 1. The Labute approximate surface area is 338 Å².